The lowest BCUT2D eigenvalue weighted by molar-refractivity contribution is 0.0513. The Balaban J connectivity index is 1.96. The summed E-state index contributed by atoms with van der Waals surface area (Å²) in [5, 5.41) is 2.51. The highest BCUT2D eigenvalue weighted by molar-refractivity contribution is 7.56. The number of nitrogens with zero attached hydrogens (tertiary/aromatic N) is 1. The van der Waals surface area contributed by atoms with Gasteiger partial charge in [0, 0.05) is 43.9 Å². The highest BCUT2D eigenvalue weighted by Gasteiger charge is 2.13. The Labute approximate surface area is 163 Å². The van der Waals surface area contributed by atoms with Crippen LogP contribution in [-0.4, -0.2) is 28.0 Å². The van der Waals surface area contributed by atoms with Crippen LogP contribution in [0.2, 0.25) is 0 Å². The van der Waals surface area contributed by atoms with E-state index in [1.54, 1.807) is 7.11 Å². The zero-order valence-electron chi connectivity index (χ0n) is 16.1. The molecule has 3 aromatic carbocycles. The van der Waals surface area contributed by atoms with Crippen molar-refractivity contribution in [2.75, 3.05) is 32.9 Å². The number of anilines is 1. The van der Waals surface area contributed by atoms with Gasteiger partial charge in [-0.2, -0.15) is 0 Å². The number of benzene rings is 3. The lowest BCUT2D eigenvalue weighted by atomic mass is 10.0. The minimum atomic E-state index is 0.249. The fourth-order valence-corrected chi connectivity index (χ4v) is 4.47. The van der Waals surface area contributed by atoms with Crippen LogP contribution in [-0.2, 0) is 11.2 Å². The zero-order chi connectivity index (χ0) is 19.1. The van der Waals surface area contributed by atoms with Gasteiger partial charge in [0.1, 0.15) is 5.75 Å². The van der Waals surface area contributed by atoms with Crippen LogP contribution in [0.1, 0.15) is 11.1 Å². The van der Waals surface area contributed by atoms with Gasteiger partial charge in [0.2, 0.25) is 0 Å². The van der Waals surface area contributed by atoms with Crippen LogP contribution >= 0.6 is 8.58 Å². The molecule has 140 valence electrons. The summed E-state index contributed by atoms with van der Waals surface area (Å²) >= 11 is 0. The molecule has 0 N–H and O–H groups in total. The Morgan fingerprint density at radius 1 is 0.815 bits per heavy atom. The van der Waals surface area contributed by atoms with Gasteiger partial charge in [-0.3, -0.25) is 0 Å². The van der Waals surface area contributed by atoms with Crippen molar-refractivity contribution >= 4 is 24.9 Å². The molecule has 27 heavy (non-hydrogen) atoms. The molecule has 0 bridgehead atoms. The number of para-hydroxylation sites is 2. The van der Waals surface area contributed by atoms with E-state index in [9.17, 15) is 0 Å². The van der Waals surface area contributed by atoms with Crippen LogP contribution in [0, 0.1) is 0 Å². The summed E-state index contributed by atoms with van der Waals surface area (Å²) in [6, 6.07) is 25.4. The highest BCUT2D eigenvalue weighted by atomic mass is 31.1. The Morgan fingerprint density at radius 2 is 1.52 bits per heavy atom. The van der Waals surface area contributed by atoms with E-state index in [4.69, 9.17) is 9.47 Å². The van der Waals surface area contributed by atoms with Crippen LogP contribution in [0.4, 0.5) is 5.69 Å². The average molecular weight is 379 g/mol. The molecule has 0 aliphatic carbocycles. The van der Waals surface area contributed by atoms with E-state index < -0.39 is 0 Å². The summed E-state index contributed by atoms with van der Waals surface area (Å²) < 4.78 is 11.2. The van der Waals surface area contributed by atoms with Gasteiger partial charge in [0.15, 0.2) is 6.79 Å². The van der Waals surface area contributed by atoms with E-state index in [0.29, 0.717) is 8.58 Å². The average Bonchev–Trinajstić information content (AvgIpc) is 2.68. The van der Waals surface area contributed by atoms with E-state index in [1.807, 2.05) is 6.07 Å². The monoisotopic (exact) mass is 379 g/mol. The van der Waals surface area contributed by atoms with Crippen molar-refractivity contribution in [2.24, 2.45) is 0 Å². The van der Waals surface area contributed by atoms with Crippen LogP contribution in [0.25, 0.3) is 0 Å². The zero-order valence-corrected chi connectivity index (χ0v) is 17.1. The molecule has 0 spiro atoms. The Hall–Kier alpha value is -2.35. The largest absolute Gasteiger partial charge is 0.467 e. The van der Waals surface area contributed by atoms with Crippen molar-refractivity contribution in [3.05, 3.63) is 83.9 Å². The molecule has 4 heteroatoms. The normalized spacial score (nSPS) is 11.1. The Morgan fingerprint density at radius 3 is 2.26 bits per heavy atom. The predicted molar refractivity (Wildman–Crippen MR) is 117 cm³/mol. The molecule has 0 radical (unpaired) electrons. The van der Waals surface area contributed by atoms with E-state index in [0.717, 1.165) is 12.2 Å². The molecule has 3 rings (SSSR count). The van der Waals surface area contributed by atoms with Crippen molar-refractivity contribution in [3.63, 3.8) is 0 Å². The highest BCUT2D eigenvalue weighted by Crippen LogP contribution is 2.28. The van der Waals surface area contributed by atoms with E-state index in [1.165, 1.54) is 27.4 Å². The number of hydrogen-bond acceptors (Lipinski definition) is 3. The minimum absolute atomic E-state index is 0.249. The minimum Gasteiger partial charge on any atom is -0.467 e. The molecule has 1 atom stereocenters. The molecule has 0 aliphatic heterocycles. The van der Waals surface area contributed by atoms with Crippen molar-refractivity contribution in [1.82, 2.24) is 0 Å². The van der Waals surface area contributed by atoms with E-state index in [2.05, 4.69) is 85.7 Å². The summed E-state index contributed by atoms with van der Waals surface area (Å²) in [6.07, 6.45) is 0.841. The van der Waals surface area contributed by atoms with Crippen LogP contribution in [0.3, 0.4) is 0 Å². The molecule has 0 saturated carbocycles. The van der Waals surface area contributed by atoms with Gasteiger partial charge in [-0.25, -0.2) is 0 Å². The third-order valence-corrected chi connectivity index (χ3v) is 5.67. The molecule has 3 aromatic rings. The number of hydrogen-bond donors (Lipinski definition) is 0. The van der Waals surface area contributed by atoms with Gasteiger partial charge in [-0.1, -0.05) is 75.3 Å². The molecule has 0 aliphatic rings. The third-order valence-electron chi connectivity index (χ3n) is 4.31. The van der Waals surface area contributed by atoms with Crippen molar-refractivity contribution < 1.29 is 9.47 Å². The quantitative estimate of drug-likeness (QED) is 0.437. The van der Waals surface area contributed by atoms with Gasteiger partial charge in [0.25, 0.3) is 0 Å². The van der Waals surface area contributed by atoms with Crippen LogP contribution in [0.5, 0.6) is 5.75 Å². The Bertz CT molecular complexity index is 865. The number of methoxy groups -OCH3 is 1. The molecule has 1 unspecified atom stereocenters. The van der Waals surface area contributed by atoms with Crippen LogP contribution < -0.4 is 20.2 Å². The molecular weight excluding hydrogens is 353 g/mol. The van der Waals surface area contributed by atoms with Crippen molar-refractivity contribution in [2.45, 2.75) is 6.42 Å². The second kappa shape index (κ2) is 9.55. The first-order chi connectivity index (χ1) is 13.2. The predicted octanol–water partition coefficient (Wildman–Crippen LogP) is 3.96. The molecule has 3 nitrogen and oxygen atoms in total. The summed E-state index contributed by atoms with van der Waals surface area (Å²) in [7, 11) is 6.33. The maximum atomic E-state index is 6.03. The van der Waals surface area contributed by atoms with Gasteiger partial charge in [-0.15, -0.1) is 0 Å². The van der Waals surface area contributed by atoms with Crippen molar-refractivity contribution in [1.29, 1.82) is 0 Å². The lowest BCUT2D eigenvalue weighted by Gasteiger charge is -2.20. The fraction of sp³-hybridized carbons (Fsp3) is 0.217. The first-order valence-corrected chi connectivity index (χ1v) is 10.00. The SMILES string of the molecule is COCOc1c(Cc2ccccc2)cccc1Pc1ccccc1N(C)C. The topological polar surface area (TPSA) is 21.7 Å². The number of ether oxygens (including phenoxy) is 2. The number of rotatable bonds is 8. The second-order valence-electron chi connectivity index (χ2n) is 6.54. The van der Waals surface area contributed by atoms with Gasteiger partial charge in [0.05, 0.1) is 0 Å². The lowest BCUT2D eigenvalue weighted by Crippen LogP contribution is -2.19. The molecular formula is C23H26NO2P. The maximum absolute atomic E-state index is 6.03. The standard InChI is InChI=1S/C23H26NO2P/c1-24(2)20-13-7-8-14-21(20)27-22-15-9-12-19(23(22)26-17-25-3)16-18-10-5-4-6-11-18/h4-15,27H,16-17H2,1-3H3. The van der Waals surface area contributed by atoms with E-state index >= 15 is 0 Å². The maximum Gasteiger partial charge on any atom is 0.188 e. The first kappa shape index (κ1) is 19.4. The molecule has 0 heterocycles. The molecule has 0 amide bonds. The summed E-state index contributed by atoms with van der Waals surface area (Å²) in [5.74, 6) is 0.940. The first-order valence-electron chi connectivity index (χ1n) is 9.00. The Kier molecular flexibility index (Phi) is 6.86. The third kappa shape index (κ3) is 5.09. The summed E-state index contributed by atoms with van der Waals surface area (Å²) in [4.78, 5) is 2.16. The molecule has 0 aromatic heterocycles. The van der Waals surface area contributed by atoms with Gasteiger partial charge < -0.3 is 14.4 Å². The fourth-order valence-electron chi connectivity index (χ4n) is 3.04. The van der Waals surface area contributed by atoms with Gasteiger partial charge in [-0.05, 0) is 17.2 Å². The van der Waals surface area contributed by atoms with E-state index in [-0.39, 0.29) is 6.79 Å². The second-order valence-corrected chi connectivity index (χ2v) is 7.87. The van der Waals surface area contributed by atoms with Crippen LogP contribution in [0.15, 0.2) is 72.8 Å². The van der Waals surface area contributed by atoms with Gasteiger partial charge >= 0.3 is 0 Å². The molecule has 0 fully saturated rings. The summed E-state index contributed by atoms with van der Waals surface area (Å²) in [5.41, 5.74) is 3.70. The smallest absolute Gasteiger partial charge is 0.188 e. The summed E-state index contributed by atoms with van der Waals surface area (Å²) in [6.45, 7) is 0.249. The molecule has 0 saturated heterocycles. The van der Waals surface area contributed by atoms with Crippen molar-refractivity contribution in [3.8, 4) is 5.75 Å².